The van der Waals surface area contributed by atoms with Crippen molar-refractivity contribution in [2.75, 3.05) is 0 Å². The third-order valence-electron chi connectivity index (χ3n) is 0.926. The molecule has 0 aromatic rings. The Kier molecular flexibility index (Phi) is 22.7. The van der Waals surface area contributed by atoms with Crippen molar-refractivity contribution in [2.24, 2.45) is 0 Å². The van der Waals surface area contributed by atoms with E-state index in [0.717, 1.165) is 0 Å². The first-order chi connectivity index (χ1) is 11.8. The van der Waals surface area contributed by atoms with Gasteiger partial charge in [0, 0.05) is 0 Å². The van der Waals surface area contributed by atoms with Gasteiger partial charge in [0.05, 0.1) is 0 Å². The minimum absolute atomic E-state index is 0. The van der Waals surface area contributed by atoms with Crippen LogP contribution in [-0.4, -0.2) is 48.6 Å². The normalized spacial score (nSPS) is 10.5. The van der Waals surface area contributed by atoms with Gasteiger partial charge in [0.15, 0.2) is 0 Å². The third-order valence-corrected chi connectivity index (χ3v) is 0.926. The molecule has 22 heteroatoms. The van der Waals surface area contributed by atoms with Gasteiger partial charge in [-0.3, -0.25) is 0 Å². The standard InChI is InChI=1S/4C2HF3O2.2Ru/c4*3-2(4,5)1(6)7;;/h4*(H,6,7);;/q;;;;2*+2/p-4. The Balaban J connectivity index is -0.0000000626. The summed E-state index contributed by atoms with van der Waals surface area (Å²) in [5.74, 6) is -12.0. The summed E-state index contributed by atoms with van der Waals surface area (Å²) in [5.41, 5.74) is 0. The van der Waals surface area contributed by atoms with Gasteiger partial charge in [-0.25, -0.2) is 0 Å². The maximum atomic E-state index is 10.5. The topological polar surface area (TPSA) is 161 Å². The number of hydrogen-bond donors (Lipinski definition) is 0. The van der Waals surface area contributed by atoms with E-state index in [2.05, 4.69) is 0 Å². The zero-order valence-electron chi connectivity index (χ0n) is 12.5. The molecule has 0 aromatic heterocycles. The van der Waals surface area contributed by atoms with Crippen LogP contribution >= 0.6 is 0 Å². The Bertz CT molecular complexity index is 440. The molecule has 0 saturated heterocycles. The molecule has 0 unspecified atom stereocenters. The smallest absolute Gasteiger partial charge is 0.542 e. The maximum Gasteiger partial charge on any atom is 2.00 e. The van der Waals surface area contributed by atoms with Gasteiger partial charge in [0.25, 0.3) is 0 Å². The molecule has 180 valence electrons. The molecular weight excluding hydrogens is 654 g/mol. The van der Waals surface area contributed by atoms with Crippen LogP contribution in [0.5, 0.6) is 0 Å². The summed E-state index contributed by atoms with van der Waals surface area (Å²) in [7, 11) is 0. The average Bonchev–Trinajstić information content (AvgIpc) is 2.35. The number of aliphatic carboxylic acids is 4. The van der Waals surface area contributed by atoms with Gasteiger partial charge in [-0.2, -0.15) is 52.7 Å². The van der Waals surface area contributed by atoms with Crippen LogP contribution in [0, 0.1) is 0 Å². The van der Waals surface area contributed by atoms with Crippen molar-refractivity contribution in [2.45, 2.75) is 24.7 Å². The van der Waals surface area contributed by atoms with Gasteiger partial charge < -0.3 is 39.6 Å². The summed E-state index contributed by atoms with van der Waals surface area (Å²) in [5, 5.41) is 35.1. The molecule has 0 aliphatic rings. The zero-order valence-corrected chi connectivity index (χ0v) is 16.0. The number of alkyl halides is 12. The van der Waals surface area contributed by atoms with Crippen molar-refractivity contribution in [1.82, 2.24) is 0 Å². The Morgan fingerprint density at radius 1 is 0.367 bits per heavy atom. The molecule has 30 heavy (non-hydrogen) atoms. The van der Waals surface area contributed by atoms with E-state index in [0.29, 0.717) is 0 Å². The quantitative estimate of drug-likeness (QED) is 0.200. The summed E-state index contributed by atoms with van der Waals surface area (Å²) in [6, 6.07) is 0. The predicted molar refractivity (Wildman–Crippen MR) is 44.2 cm³/mol. The zero-order chi connectivity index (χ0) is 24.3. The molecule has 0 rings (SSSR count). The Labute approximate surface area is 180 Å². The first-order valence-corrected chi connectivity index (χ1v) is 4.90. The molecule has 0 aliphatic heterocycles. The van der Waals surface area contributed by atoms with Crippen molar-refractivity contribution < 1.29 is 131 Å². The third kappa shape index (κ3) is 33.8. The second kappa shape index (κ2) is 16.0. The van der Waals surface area contributed by atoms with E-state index < -0.39 is 48.6 Å². The average molecular weight is 654 g/mol. The molecule has 0 fully saturated rings. The van der Waals surface area contributed by atoms with Crippen molar-refractivity contribution in [1.29, 1.82) is 0 Å². The number of carboxylic acids is 4. The number of carbonyl (C=O) groups is 4. The Morgan fingerprint density at radius 3 is 0.400 bits per heavy atom. The van der Waals surface area contributed by atoms with Crippen LogP contribution in [0.4, 0.5) is 52.7 Å². The van der Waals surface area contributed by atoms with Gasteiger partial charge in [-0.05, 0) is 0 Å². The number of rotatable bonds is 0. The second-order valence-electron chi connectivity index (χ2n) is 3.14. The largest absolute Gasteiger partial charge is 2.00 e. The Morgan fingerprint density at radius 2 is 0.400 bits per heavy atom. The second-order valence-corrected chi connectivity index (χ2v) is 3.14. The van der Waals surface area contributed by atoms with Crippen LogP contribution in [0.2, 0.25) is 0 Å². The van der Waals surface area contributed by atoms with Crippen molar-refractivity contribution in [3.05, 3.63) is 0 Å². The van der Waals surface area contributed by atoms with E-state index in [1.54, 1.807) is 0 Å². The van der Waals surface area contributed by atoms with Gasteiger partial charge in [-0.1, -0.05) is 0 Å². The molecule has 0 atom stereocenters. The molecule has 0 bridgehead atoms. The minimum Gasteiger partial charge on any atom is -0.542 e. The van der Waals surface area contributed by atoms with Gasteiger partial charge in [0.1, 0.15) is 23.9 Å². The summed E-state index contributed by atoms with van der Waals surface area (Å²) in [6.45, 7) is 0. The van der Waals surface area contributed by atoms with Crippen molar-refractivity contribution >= 4 is 23.9 Å². The number of hydrogen-bond acceptors (Lipinski definition) is 8. The molecule has 0 aliphatic carbocycles. The first kappa shape index (κ1) is 42.4. The van der Waals surface area contributed by atoms with Gasteiger partial charge in [0.2, 0.25) is 0 Å². The SMILES string of the molecule is O=C([O-])C(F)(F)F.O=C([O-])C(F)(F)F.O=C([O-])C(F)(F)F.O=C([O-])C(F)(F)F.[Ru+2].[Ru+2]. The fourth-order valence-corrected chi connectivity index (χ4v) is 0. The van der Waals surface area contributed by atoms with Crippen LogP contribution < -0.4 is 20.4 Å². The molecule has 0 amide bonds. The van der Waals surface area contributed by atoms with Crippen LogP contribution in [0.1, 0.15) is 0 Å². The molecule has 0 N–H and O–H groups in total. The van der Waals surface area contributed by atoms with E-state index in [1.807, 2.05) is 0 Å². The number of carbonyl (C=O) groups excluding carboxylic acids is 4. The van der Waals surface area contributed by atoms with E-state index in [9.17, 15) is 52.7 Å². The van der Waals surface area contributed by atoms with Crippen molar-refractivity contribution in [3.8, 4) is 0 Å². The van der Waals surface area contributed by atoms with E-state index in [-0.39, 0.29) is 39.0 Å². The molecule has 0 aromatic carbocycles. The molecule has 0 radical (unpaired) electrons. The fraction of sp³-hybridized carbons (Fsp3) is 0.500. The predicted octanol–water partition coefficient (Wildman–Crippen LogP) is -2.81. The van der Waals surface area contributed by atoms with Crippen LogP contribution in [-0.2, 0) is 58.1 Å². The number of halogens is 12. The molecule has 0 heterocycles. The Hall–Kier alpha value is -1.71. The van der Waals surface area contributed by atoms with Crippen molar-refractivity contribution in [3.63, 3.8) is 0 Å². The van der Waals surface area contributed by atoms with Gasteiger partial charge in [-0.15, -0.1) is 0 Å². The maximum absolute atomic E-state index is 10.5. The summed E-state index contributed by atoms with van der Waals surface area (Å²) >= 11 is 0. The summed E-state index contributed by atoms with van der Waals surface area (Å²) in [6.07, 6.45) is -20.8. The number of carboxylic acid groups (broad SMARTS) is 4. The molecule has 0 saturated carbocycles. The first-order valence-electron chi connectivity index (χ1n) is 4.90. The van der Waals surface area contributed by atoms with Crippen LogP contribution in [0.3, 0.4) is 0 Å². The van der Waals surface area contributed by atoms with Crippen LogP contribution in [0.25, 0.3) is 0 Å². The van der Waals surface area contributed by atoms with E-state index in [1.165, 1.54) is 0 Å². The molecular formula is C8F12O8Ru2. The van der Waals surface area contributed by atoms with Gasteiger partial charge >= 0.3 is 63.7 Å². The fourth-order valence-electron chi connectivity index (χ4n) is 0. The van der Waals surface area contributed by atoms with E-state index >= 15 is 0 Å². The van der Waals surface area contributed by atoms with Crippen LogP contribution in [0.15, 0.2) is 0 Å². The molecule has 8 nitrogen and oxygen atoms in total. The monoisotopic (exact) mass is 656 g/mol. The minimum atomic E-state index is -5.19. The summed E-state index contributed by atoms with van der Waals surface area (Å²) < 4.78 is 126. The summed E-state index contributed by atoms with van der Waals surface area (Å²) in [4.78, 5) is 35.1. The van der Waals surface area contributed by atoms with E-state index in [4.69, 9.17) is 39.6 Å². The molecule has 0 spiro atoms.